The second kappa shape index (κ2) is 10.0. The summed E-state index contributed by atoms with van der Waals surface area (Å²) in [6.07, 6.45) is 7.10. The fourth-order valence-corrected chi connectivity index (χ4v) is 5.61. The lowest BCUT2D eigenvalue weighted by Crippen LogP contribution is -2.39. The quantitative estimate of drug-likeness (QED) is 0.362. The number of hydrogen-bond donors (Lipinski definition) is 0. The van der Waals surface area contributed by atoms with E-state index < -0.39 is 0 Å². The van der Waals surface area contributed by atoms with Crippen molar-refractivity contribution in [3.8, 4) is 6.07 Å². The van der Waals surface area contributed by atoms with E-state index in [4.69, 9.17) is 12.2 Å². The molecule has 0 radical (unpaired) electrons. The van der Waals surface area contributed by atoms with E-state index in [9.17, 15) is 14.9 Å². The molecule has 0 bridgehead atoms. The van der Waals surface area contributed by atoms with Gasteiger partial charge in [0.15, 0.2) is 0 Å². The van der Waals surface area contributed by atoms with Crippen LogP contribution in [0.2, 0.25) is 0 Å². The van der Waals surface area contributed by atoms with Crippen molar-refractivity contribution in [2.45, 2.75) is 52.9 Å². The normalized spacial score (nSPS) is 20.6. The van der Waals surface area contributed by atoms with E-state index in [0.717, 1.165) is 56.6 Å². The summed E-state index contributed by atoms with van der Waals surface area (Å²) >= 11 is 6.77. The maximum atomic E-state index is 13.1. The van der Waals surface area contributed by atoms with Crippen molar-refractivity contribution in [2.75, 3.05) is 24.5 Å². The zero-order chi connectivity index (χ0) is 22.7. The van der Waals surface area contributed by atoms with Gasteiger partial charge in [-0.2, -0.15) is 5.26 Å². The van der Waals surface area contributed by atoms with Crippen LogP contribution in [0.1, 0.15) is 62.6 Å². The third-order valence-electron chi connectivity index (χ3n) is 6.06. The fourth-order valence-electron chi connectivity index (χ4n) is 4.32. The van der Waals surface area contributed by atoms with Crippen LogP contribution in [0.4, 0.5) is 5.82 Å². The molecule has 1 amide bonds. The third-order valence-corrected chi connectivity index (χ3v) is 7.44. The number of amides is 1. The minimum Gasteiger partial charge on any atom is -0.357 e. The van der Waals surface area contributed by atoms with Gasteiger partial charge in [-0.3, -0.25) is 19.1 Å². The first-order valence-corrected chi connectivity index (χ1v) is 12.2. The SMILES string of the molecule is CCCCCN1C(=O)/C(=C\c2c(C)c(C#N)c(=O)n(C)c2N2CCCC(C)C2)SC1=S. The molecule has 0 aromatic carbocycles. The standard InChI is InChI=1S/C23H30N4O2S2/c1-5-6-7-11-27-22(29)19(31-23(27)30)12-17-16(3)18(13-24)21(28)25(4)20(17)26-10-8-9-15(2)14-26/h12,15H,5-11,14H2,1-4H3/b19-12+. The van der Waals surface area contributed by atoms with Crippen LogP contribution in [0, 0.1) is 24.2 Å². The molecule has 31 heavy (non-hydrogen) atoms. The smallest absolute Gasteiger partial charge is 0.270 e. The first kappa shape index (κ1) is 23.6. The molecule has 2 aliphatic heterocycles. The topological polar surface area (TPSA) is 69.3 Å². The summed E-state index contributed by atoms with van der Waals surface area (Å²) in [5.74, 6) is 1.21. The molecule has 2 saturated heterocycles. The van der Waals surface area contributed by atoms with Gasteiger partial charge in [-0.1, -0.05) is 50.7 Å². The van der Waals surface area contributed by atoms with E-state index in [0.29, 0.717) is 27.3 Å². The van der Waals surface area contributed by atoms with Crippen molar-refractivity contribution in [1.29, 1.82) is 5.26 Å². The molecule has 166 valence electrons. The molecule has 1 atom stereocenters. The van der Waals surface area contributed by atoms with Crippen LogP contribution >= 0.6 is 24.0 Å². The van der Waals surface area contributed by atoms with Crippen LogP contribution in [-0.2, 0) is 11.8 Å². The van der Waals surface area contributed by atoms with Gasteiger partial charge in [0.1, 0.15) is 21.8 Å². The van der Waals surface area contributed by atoms with Crippen LogP contribution in [-0.4, -0.2) is 39.3 Å². The van der Waals surface area contributed by atoms with Gasteiger partial charge in [-0.15, -0.1) is 0 Å². The highest BCUT2D eigenvalue weighted by molar-refractivity contribution is 8.26. The maximum absolute atomic E-state index is 13.1. The molecular formula is C23H30N4O2S2. The summed E-state index contributed by atoms with van der Waals surface area (Å²) in [5.41, 5.74) is 1.22. The van der Waals surface area contributed by atoms with Gasteiger partial charge in [0, 0.05) is 32.2 Å². The van der Waals surface area contributed by atoms with E-state index in [-0.39, 0.29) is 17.0 Å². The molecule has 1 aromatic heterocycles. The van der Waals surface area contributed by atoms with E-state index in [1.54, 1.807) is 23.4 Å². The predicted molar refractivity (Wildman–Crippen MR) is 131 cm³/mol. The zero-order valence-electron chi connectivity index (χ0n) is 18.7. The maximum Gasteiger partial charge on any atom is 0.270 e. The Balaban J connectivity index is 2.09. The van der Waals surface area contributed by atoms with Crippen molar-refractivity contribution >= 4 is 46.1 Å². The van der Waals surface area contributed by atoms with Crippen LogP contribution in [0.5, 0.6) is 0 Å². The van der Waals surface area contributed by atoms with E-state index in [1.165, 1.54) is 11.8 Å². The number of pyridine rings is 1. The lowest BCUT2D eigenvalue weighted by molar-refractivity contribution is -0.122. The predicted octanol–water partition coefficient (Wildman–Crippen LogP) is 4.19. The molecule has 3 heterocycles. The number of hydrogen-bond acceptors (Lipinski definition) is 6. The largest absolute Gasteiger partial charge is 0.357 e. The lowest BCUT2D eigenvalue weighted by Gasteiger charge is -2.35. The molecule has 0 spiro atoms. The van der Waals surface area contributed by atoms with Crippen LogP contribution < -0.4 is 10.5 Å². The van der Waals surface area contributed by atoms with Crippen molar-refractivity contribution in [3.05, 3.63) is 31.9 Å². The summed E-state index contributed by atoms with van der Waals surface area (Å²) in [5, 5.41) is 9.61. The van der Waals surface area contributed by atoms with E-state index in [1.807, 2.05) is 6.08 Å². The number of rotatable bonds is 6. The second-order valence-electron chi connectivity index (χ2n) is 8.45. The summed E-state index contributed by atoms with van der Waals surface area (Å²) in [4.78, 5) is 30.4. The Morgan fingerprint density at radius 1 is 1.32 bits per heavy atom. The number of anilines is 1. The molecule has 1 aromatic rings. The first-order valence-electron chi connectivity index (χ1n) is 10.9. The molecule has 3 rings (SSSR count). The molecule has 0 N–H and O–H groups in total. The van der Waals surface area contributed by atoms with Crippen LogP contribution in [0.15, 0.2) is 9.70 Å². The second-order valence-corrected chi connectivity index (χ2v) is 10.1. The Morgan fingerprint density at radius 2 is 2.06 bits per heavy atom. The monoisotopic (exact) mass is 458 g/mol. The number of nitriles is 1. The molecule has 6 nitrogen and oxygen atoms in total. The molecule has 2 fully saturated rings. The molecule has 2 aliphatic rings. The number of nitrogens with zero attached hydrogens (tertiary/aromatic N) is 4. The highest BCUT2D eigenvalue weighted by Gasteiger charge is 2.33. The molecule has 8 heteroatoms. The Morgan fingerprint density at radius 3 is 2.71 bits per heavy atom. The van der Waals surface area contributed by atoms with Crippen LogP contribution in [0.25, 0.3) is 6.08 Å². The van der Waals surface area contributed by atoms with Gasteiger partial charge < -0.3 is 4.90 Å². The average molecular weight is 459 g/mol. The molecule has 1 unspecified atom stereocenters. The Labute approximate surface area is 193 Å². The number of thiocarbonyl (C=S) groups is 1. The molecule has 0 saturated carbocycles. The number of unbranched alkanes of at least 4 members (excludes halogenated alkanes) is 2. The first-order chi connectivity index (χ1) is 14.8. The minimum absolute atomic E-state index is 0.0872. The fraction of sp³-hybridized carbons (Fsp3) is 0.565. The number of aromatic nitrogens is 1. The third kappa shape index (κ3) is 4.73. The number of carbonyl (C=O) groups is 1. The highest BCUT2D eigenvalue weighted by Crippen LogP contribution is 2.36. The van der Waals surface area contributed by atoms with Gasteiger partial charge in [-0.25, -0.2) is 0 Å². The van der Waals surface area contributed by atoms with E-state index in [2.05, 4.69) is 24.8 Å². The van der Waals surface area contributed by atoms with Gasteiger partial charge in [0.2, 0.25) is 0 Å². The van der Waals surface area contributed by atoms with Crippen molar-refractivity contribution in [2.24, 2.45) is 13.0 Å². The number of piperidine rings is 1. The summed E-state index contributed by atoms with van der Waals surface area (Å²) in [7, 11) is 1.71. The van der Waals surface area contributed by atoms with E-state index >= 15 is 0 Å². The summed E-state index contributed by atoms with van der Waals surface area (Å²) in [6.45, 7) is 8.45. The van der Waals surface area contributed by atoms with Gasteiger partial charge in [-0.05, 0) is 43.7 Å². The Bertz CT molecular complexity index is 1020. The number of thioether (sulfide) groups is 1. The Kier molecular flexibility index (Phi) is 7.60. The van der Waals surface area contributed by atoms with Crippen molar-refractivity contribution in [1.82, 2.24) is 9.47 Å². The summed E-state index contributed by atoms with van der Waals surface area (Å²) in [6, 6.07) is 2.06. The van der Waals surface area contributed by atoms with Gasteiger partial charge in [0.25, 0.3) is 11.5 Å². The molecule has 0 aliphatic carbocycles. The zero-order valence-corrected chi connectivity index (χ0v) is 20.4. The Hall–Kier alpha value is -2.11. The minimum atomic E-state index is -0.294. The highest BCUT2D eigenvalue weighted by atomic mass is 32.2. The number of carbonyl (C=O) groups excluding carboxylic acids is 1. The van der Waals surface area contributed by atoms with Crippen molar-refractivity contribution in [3.63, 3.8) is 0 Å². The van der Waals surface area contributed by atoms with Crippen LogP contribution in [0.3, 0.4) is 0 Å². The average Bonchev–Trinajstić information content (AvgIpc) is 3.00. The lowest BCUT2D eigenvalue weighted by atomic mass is 9.98. The van der Waals surface area contributed by atoms with Crippen molar-refractivity contribution < 1.29 is 4.79 Å². The van der Waals surface area contributed by atoms with Gasteiger partial charge in [0.05, 0.1) is 4.91 Å². The molecular weight excluding hydrogens is 428 g/mol. The summed E-state index contributed by atoms with van der Waals surface area (Å²) < 4.78 is 2.14. The van der Waals surface area contributed by atoms with Gasteiger partial charge >= 0.3 is 0 Å².